The SMILES string of the molecule is CC1CCC(OCCCSOOO)CC1. The van der Waals surface area contributed by atoms with E-state index in [0.29, 0.717) is 6.10 Å². The van der Waals surface area contributed by atoms with E-state index in [0.717, 1.165) is 36.7 Å². The molecule has 0 aliphatic heterocycles. The molecule has 0 heterocycles. The van der Waals surface area contributed by atoms with Crippen molar-refractivity contribution < 1.29 is 19.4 Å². The van der Waals surface area contributed by atoms with Crippen molar-refractivity contribution >= 4 is 12.0 Å². The first kappa shape index (κ1) is 13.3. The van der Waals surface area contributed by atoms with Gasteiger partial charge in [0.1, 0.15) is 0 Å². The van der Waals surface area contributed by atoms with E-state index in [1.807, 2.05) is 0 Å². The van der Waals surface area contributed by atoms with E-state index in [2.05, 4.69) is 16.3 Å². The predicted octanol–water partition coefficient (Wildman–Crippen LogP) is 3.04. The van der Waals surface area contributed by atoms with Crippen LogP contribution in [-0.2, 0) is 14.1 Å². The molecule has 5 heteroatoms. The fourth-order valence-electron chi connectivity index (χ4n) is 1.82. The van der Waals surface area contributed by atoms with Crippen LogP contribution in [0, 0.1) is 5.92 Å². The Hall–Kier alpha value is 0.190. The molecule has 0 saturated heterocycles. The van der Waals surface area contributed by atoms with E-state index in [9.17, 15) is 0 Å². The number of hydrogen-bond acceptors (Lipinski definition) is 5. The molecule has 1 rings (SSSR count). The first-order chi connectivity index (χ1) is 7.33. The van der Waals surface area contributed by atoms with Gasteiger partial charge < -0.3 is 4.74 Å². The van der Waals surface area contributed by atoms with Crippen LogP contribution < -0.4 is 0 Å². The molecule has 0 unspecified atom stereocenters. The topological polar surface area (TPSA) is 47.9 Å². The minimum absolute atomic E-state index is 0.459. The van der Waals surface area contributed by atoms with Crippen molar-refractivity contribution in [2.45, 2.75) is 45.1 Å². The van der Waals surface area contributed by atoms with Crippen LogP contribution in [0.1, 0.15) is 39.0 Å². The lowest BCUT2D eigenvalue weighted by molar-refractivity contribution is -0.432. The summed E-state index contributed by atoms with van der Waals surface area (Å²) in [5.41, 5.74) is 0. The van der Waals surface area contributed by atoms with Crippen LogP contribution in [0.5, 0.6) is 0 Å². The molecule has 4 nitrogen and oxygen atoms in total. The van der Waals surface area contributed by atoms with E-state index in [1.165, 1.54) is 25.7 Å². The molecular weight excluding hydrogens is 216 g/mol. The lowest BCUT2D eigenvalue weighted by Gasteiger charge is -2.26. The summed E-state index contributed by atoms with van der Waals surface area (Å²) < 4.78 is 10.00. The highest BCUT2D eigenvalue weighted by atomic mass is 32.2. The van der Waals surface area contributed by atoms with Crippen LogP contribution in [0.4, 0.5) is 0 Å². The third-order valence-electron chi connectivity index (χ3n) is 2.77. The number of rotatable bonds is 7. The van der Waals surface area contributed by atoms with Crippen molar-refractivity contribution in [3.8, 4) is 0 Å². The average molecular weight is 236 g/mol. The van der Waals surface area contributed by atoms with Gasteiger partial charge in [-0.2, -0.15) is 0 Å². The Labute approximate surface area is 95.3 Å². The Morgan fingerprint density at radius 3 is 2.67 bits per heavy atom. The van der Waals surface area contributed by atoms with Crippen LogP contribution in [0.25, 0.3) is 0 Å². The Morgan fingerprint density at radius 2 is 2.00 bits per heavy atom. The third kappa shape index (κ3) is 6.37. The average Bonchev–Trinajstić information content (AvgIpc) is 2.26. The molecule has 0 amide bonds. The molecule has 0 aromatic carbocycles. The minimum Gasteiger partial charge on any atom is -0.378 e. The summed E-state index contributed by atoms with van der Waals surface area (Å²) in [6, 6.07) is 0. The molecule has 0 bridgehead atoms. The summed E-state index contributed by atoms with van der Waals surface area (Å²) in [6.45, 7) is 3.07. The molecule has 90 valence electrons. The van der Waals surface area contributed by atoms with Crippen molar-refractivity contribution in [1.29, 1.82) is 0 Å². The second-order valence-electron chi connectivity index (χ2n) is 4.07. The Kier molecular flexibility index (Phi) is 7.38. The fourth-order valence-corrected chi connectivity index (χ4v) is 2.17. The zero-order valence-corrected chi connectivity index (χ0v) is 10.0. The molecule has 1 aliphatic carbocycles. The summed E-state index contributed by atoms with van der Waals surface area (Å²) in [7, 11) is 0. The van der Waals surface area contributed by atoms with Gasteiger partial charge in [-0.1, -0.05) is 12.0 Å². The van der Waals surface area contributed by atoms with Crippen LogP contribution >= 0.6 is 12.0 Å². The molecular formula is C10H20O4S. The van der Waals surface area contributed by atoms with E-state index in [-0.39, 0.29) is 0 Å². The summed E-state index contributed by atoms with van der Waals surface area (Å²) in [4.78, 5) is 0. The minimum atomic E-state index is 0.459. The molecule has 0 aromatic rings. The maximum absolute atomic E-state index is 7.88. The van der Waals surface area contributed by atoms with Crippen molar-refractivity contribution in [2.24, 2.45) is 5.92 Å². The van der Waals surface area contributed by atoms with E-state index >= 15 is 0 Å². The smallest absolute Gasteiger partial charge is 0.0575 e. The van der Waals surface area contributed by atoms with Gasteiger partial charge in [0, 0.05) is 24.4 Å². The molecule has 1 fully saturated rings. The zero-order valence-electron chi connectivity index (χ0n) is 9.18. The monoisotopic (exact) mass is 236 g/mol. The van der Waals surface area contributed by atoms with Crippen LogP contribution in [0.3, 0.4) is 0 Å². The van der Waals surface area contributed by atoms with Gasteiger partial charge in [-0.05, 0) is 38.0 Å². The van der Waals surface area contributed by atoms with Gasteiger partial charge >= 0.3 is 0 Å². The summed E-state index contributed by atoms with van der Waals surface area (Å²) >= 11 is 1.09. The van der Waals surface area contributed by atoms with Gasteiger partial charge in [-0.3, -0.25) is 0 Å². The molecule has 1 saturated carbocycles. The van der Waals surface area contributed by atoms with Gasteiger partial charge in [-0.25, -0.2) is 5.26 Å². The van der Waals surface area contributed by atoms with Crippen LogP contribution in [-0.4, -0.2) is 23.7 Å². The lowest BCUT2D eigenvalue weighted by atomic mass is 9.89. The van der Waals surface area contributed by atoms with E-state index in [4.69, 9.17) is 9.99 Å². The molecule has 1 N–H and O–H groups in total. The number of ether oxygens (including phenoxy) is 1. The summed E-state index contributed by atoms with van der Waals surface area (Å²) in [5, 5.41) is 11.3. The van der Waals surface area contributed by atoms with Gasteiger partial charge in [0.15, 0.2) is 0 Å². The van der Waals surface area contributed by atoms with Gasteiger partial charge in [0.2, 0.25) is 0 Å². The first-order valence-corrected chi connectivity index (χ1v) is 6.45. The second kappa shape index (κ2) is 8.35. The van der Waals surface area contributed by atoms with Gasteiger partial charge in [0.05, 0.1) is 6.10 Å². The van der Waals surface area contributed by atoms with Crippen LogP contribution in [0.2, 0.25) is 0 Å². The van der Waals surface area contributed by atoms with Gasteiger partial charge in [-0.15, -0.1) is 4.33 Å². The highest BCUT2D eigenvalue weighted by Gasteiger charge is 2.17. The molecule has 15 heavy (non-hydrogen) atoms. The molecule has 0 radical (unpaired) electrons. The standard InChI is InChI=1S/C10H20O4S/c1-9-3-5-10(6-4-9)12-7-2-8-15-14-13-11/h9-11H,2-8H2,1H3. The predicted molar refractivity (Wildman–Crippen MR) is 59.2 cm³/mol. The molecule has 0 atom stereocenters. The Morgan fingerprint density at radius 1 is 1.27 bits per heavy atom. The highest BCUT2D eigenvalue weighted by molar-refractivity contribution is 7.94. The third-order valence-corrected chi connectivity index (χ3v) is 3.38. The fraction of sp³-hybridized carbons (Fsp3) is 1.00. The second-order valence-corrected chi connectivity index (χ2v) is 4.85. The summed E-state index contributed by atoms with van der Waals surface area (Å²) in [6.07, 6.45) is 6.36. The molecule has 1 aliphatic rings. The first-order valence-electron chi connectivity index (χ1n) is 5.54. The van der Waals surface area contributed by atoms with E-state index < -0.39 is 0 Å². The Bertz CT molecular complexity index is 148. The normalized spacial score (nSPS) is 26.8. The summed E-state index contributed by atoms with van der Waals surface area (Å²) in [5.74, 6) is 1.64. The van der Waals surface area contributed by atoms with Crippen molar-refractivity contribution in [3.63, 3.8) is 0 Å². The number of hydrogen-bond donors (Lipinski definition) is 1. The maximum Gasteiger partial charge on any atom is 0.0575 e. The van der Waals surface area contributed by atoms with Crippen molar-refractivity contribution in [3.05, 3.63) is 0 Å². The van der Waals surface area contributed by atoms with Crippen LogP contribution in [0.15, 0.2) is 0 Å². The zero-order chi connectivity index (χ0) is 10.9. The van der Waals surface area contributed by atoms with Gasteiger partial charge in [0.25, 0.3) is 0 Å². The van der Waals surface area contributed by atoms with E-state index in [1.54, 1.807) is 0 Å². The van der Waals surface area contributed by atoms with Crippen molar-refractivity contribution in [1.82, 2.24) is 0 Å². The quantitative estimate of drug-likeness (QED) is 0.318. The molecule has 0 spiro atoms. The largest absolute Gasteiger partial charge is 0.378 e. The maximum atomic E-state index is 7.88. The lowest BCUT2D eigenvalue weighted by Crippen LogP contribution is -2.21. The highest BCUT2D eigenvalue weighted by Crippen LogP contribution is 2.25. The molecule has 0 aromatic heterocycles. The Balaban J connectivity index is 1.87. The van der Waals surface area contributed by atoms with Crippen molar-refractivity contribution in [2.75, 3.05) is 12.4 Å².